The summed E-state index contributed by atoms with van der Waals surface area (Å²) in [6, 6.07) is 11.1. The average molecular weight is 287 g/mol. The van der Waals surface area contributed by atoms with Gasteiger partial charge in [0.05, 0.1) is 10.6 Å². The number of hydrogen-bond acceptors (Lipinski definition) is 5. The molecule has 0 atom stereocenters. The number of nitrogens with zero attached hydrogens (tertiary/aromatic N) is 1. The van der Waals surface area contributed by atoms with Gasteiger partial charge in [0, 0.05) is 6.92 Å². The number of ether oxygens (including phenoxy) is 1. The summed E-state index contributed by atoms with van der Waals surface area (Å²) in [4.78, 5) is 21.6. The second-order valence-corrected chi connectivity index (χ2v) is 4.23. The number of nitrogens with one attached hydrogen (secondary N) is 1. The lowest BCUT2D eigenvalue weighted by atomic mass is 10.2. The molecule has 0 unspecified atom stereocenters. The van der Waals surface area contributed by atoms with E-state index in [4.69, 9.17) is 10.5 Å². The second-order valence-electron chi connectivity index (χ2n) is 4.23. The Kier molecular flexibility index (Phi) is 4.03. The van der Waals surface area contributed by atoms with E-state index in [0.717, 1.165) is 0 Å². The molecule has 1 amide bonds. The first kappa shape index (κ1) is 14.3. The van der Waals surface area contributed by atoms with E-state index in [9.17, 15) is 14.9 Å². The average Bonchev–Trinajstić information content (AvgIpc) is 2.40. The number of carbonyl (C=O) groups is 1. The third-order valence-corrected chi connectivity index (χ3v) is 2.63. The standard InChI is InChI=1S/C14H13N3O4/c1-9(18)16-11-6-2-3-7-12(11)21-13-8-4-5-10(15)14(13)17(19)20/h2-8H,15H2,1H3,(H,16,18). The Hall–Kier alpha value is -3.09. The van der Waals surface area contributed by atoms with Crippen LogP contribution < -0.4 is 15.8 Å². The molecule has 0 aliphatic carbocycles. The van der Waals surface area contributed by atoms with Gasteiger partial charge in [0.15, 0.2) is 5.75 Å². The van der Waals surface area contributed by atoms with Gasteiger partial charge in [-0.1, -0.05) is 18.2 Å². The van der Waals surface area contributed by atoms with Crippen molar-refractivity contribution < 1.29 is 14.5 Å². The molecule has 0 saturated heterocycles. The molecule has 2 aromatic rings. The summed E-state index contributed by atoms with van der Waals surface area (Å²) in [6.45, 7) is 1.36. The number of hydrogen-bond donors (Lipinski definition) is 2. The number of nitrogens with two attached hydrogens (primary N) is 1. The first-order valence-corrected chi connectivity index (χ1v) is 6.06. The summed E-state index contributed by atoms with van der Waals surface area (Å²) in [5.41, 5.74) is 5.72. The molecule has 21 heavy (non-hydrogen) atoms. The van der Waals surface area contributed by atoms with Gasteiger partial charge >= 0.3 is 5.69 Å². The molecule has 7 heteroatoms. The van der Waals surface area contributed by atoms with Crippen molar-refractivity contribution in [1.29, 1.82) is 0 Å². The van der Waals surface area contributed by atoms with Crippen molar-refractivity contribution in [3.8, 4) is 11.5 Å². The van der Waals surface area contributed by atoms with Gasteiger partial charge in [0.25, 0.3) is 0 Å². The van der Waals surface area contributed by atoms with Crippen LogP contribution in [0.1, 0.15) is 6.92 Å². The monoisotopic (exact) mass is 287 g/mol. The summed E-state index contributed by atoms with van der Waals surface area (Å²) in [5.74, 6) is 0.0346. The molecule has 0 bridgehead atoms. The van der Waals surface area contributed by atoms with Crippen LogP contribution in [0.15, 0.2) is 42.5 Å². The molecular weight excluding hydrogens is 274 g/mol. The highest BCUT2D eigenvalue weighted by Gasteiger charge is 2.20. The van der Waals surface area contributed by atoms with Gasteiger partial charge < -0.3 is 15.8 Å². The number of nitro groups is 1. The van der Waals surface area contributed by atoms with Crippen molar-refractivity contribution in [2.75, 3.05) is 11.1 Å². The van der Waals surface area contributed by atoms with Gasteiger partial charge in [-0.15, -0.1) is 0 Å². The van der Waals surface area contributed by atoms with Crippen molar-refractivity contribution in [2.45, 2.75) is 6.92 Å². The lowest BCUT2D eigenvalue weighted by Crippen LogP contribution is -2.07. The quantitative estimate of drug-likeness (QED) is 0.510. The summed E-state index contributed by atoms with van der Waals surface area (Å²) in [7, 11) is 0. The molecule has 2 aromatic carbocycles. The van der Waals surface area contributed by atoms with Gasteiger partial charge in [-0.25, -0.2) is 0 Å². The van der Waals surface area contributed by atoms with Crippen LogP contribution in [0.2, 0.25) is 0 Å². The number of benzene rings is 2. The van der Waals surface area contributed by atoms with E-state index in [1.807, 2.05) is 0 Å². The van der Waals surface area contributed by atoms with Crippen LogP contribution in [-0.4, -0.2) is 10.8 Å². The lowest BCUT2D eigenvalue weighted by Gasteiger charge is -2.11. The minimum Gasteiger partial charge on any atom is -0.448 e. The van der Waals surface area contributed by atoms with Crippen molar-refractivity contribution in [1.82, 2.24) is 0 Å². The van der Waals surface area contributed by atoms with Gasteiger partial charge in [-0.2, -0.15) is 0 Å². The fourth-order valence-electron chi connectivity index (χ4n) is 1.78. The van der Waals surface area contributed by atoms with Crippen molar-refractivity contribution >= 4 is 23.0 Å². The van der Waals surface area contributed by atoms with Crippen molar-refractivity contribution in [3.05, 3.63) is 52.6 Å². The number of nitro benzene ring substituents is 1. The van der Waals surface area contributed by atoms with Crippen LogP contribution in [0.3, 0.4) is 0 Å². The van der Waals surface area contributed by atoms with Crippen LogP contribution in [0.5, 0.6) is 11.5 Å². The Morgan fingerprint density at radius 1 is 1.19 bits per heavy atom. The highest BCUT2D eigenvalue weighted by molar-refractivity contribution is 5.90. The molecule has 0 radical (unpaired) electrons. The number of amides is 1. The van der Waals surface area contributed by atoms with E-state index < -0.39 is 4.92 Å². The maximum absolute atomic E-state index is 11.2. The molecule has 0 fully saturated rings. The Labute approximate surface area is 120 Å². The molecule has 0 aromatic heterocycles. The Bertz CT molecular complexity index is 700. The SMILES string of the molecule is CC(=O)Nc1ccccc1Oc1cccc(N)c1[N+](=O)[O-]. The second kappa shape index (κ2) is 5.91. The van der Waals surface area contributed by atoms with Crippen LogP contribution in [0, 0.1) is 10.1 Å². The van der Waals surface area contributed by atoms with Crippen LogP contribution in [0.25, 0.3) is 0 Å². The molecule has 0 saturated carbocycles. The van der Waals surface area contributed by atoms with Crippen LogP contribution >= 0.6 is 0 Å². The fourth-order valence-corrected chi connectivity index (χ4v) is 1.78. The number of para-hydroxylation sites is 3. The fraction of sp³-hybridized carbons (Fsp3) is 0.0714. The van der Waals surface area contributed by atoms with Gasteiger partial charge in [0.2, 0.25) is 11.7 Å². The highest BCUT2D eigenvalue weighted by Crippen LogP contribution is 2.38. The number of rotatable bonds is 4. The largest absolute Gasteiger partial charge is 0.448 e. The Balaban J connectivity index is 2.42. The molecule has 0 spiro atoms. The van der Waals surface area contributed by atoms with E-state index in [0.29, 0.717) is 11.4 Å². The Morgan fingerprint density at radius 3 is 2.52 bits per heavy atom. The predicted octanol–water partition coefficient (Wildman–Crippen LogP) is 2.93. The zero-order chi connectivity index (χ0) is 15.4. The Morgan fingerprint density at radius 2 is 1.86 bits per heavy atom. The summed E-state index contributed by atoms with van der Waals surface area (Å²) >= 11 is 0. The summed E-state index contributed by atoms with van der Waals surface area (Å²) < 4.78 is 5.55. The molecule has 0 aliphatic rings. The summed E-state index contributed by atoms with van der Waals surface area (Å²) in [5, 5.41) is 13.7. The third kappa shape index (κ3) is 3.27. The normalized spacial score (nSPS) is 9.95. The molecule has 108 valence electrons. The van der Waals surface area contributed by atoms with Crippen LogP contribution in [0.4, 0.5) is 17.1 Å². The van der Waals surface area contributed by atoms with E-state index in [1.54, 1.807) is 30.3 Å². The molecule has 0 heterocycles. The third-order valence-electron chi connectivity index (χ3n) is 2.63. The zero-order valence-corrected chi connectivity index (χ0v) is 11.2. The van der Waals surface area contributed by atoms with Crippen molar-refractivity contribution in [2.24, 2.45) is 0 Å². The van der Waals surface area contributed by atoms with Crippen molar-refractivity contribution in [3.63, 3.8) is 0 Å². The number of anilines is 2. The van der Waals surface area contributed by atoms with E-state index in [-0.39, 0.29) is 23.0 Å². The molecule has 7 nitrogen and oxygen atoms in total. The maximum atomic E-state index is 11.2. The van der Waals surface area contributed by atoms with Crippen LogP contribution in [-0.2, 0) is 4.79 Å². The molecular formula is C14H13N3O4. The minimum absolute atomic E-state index is 0.00880. The minimum atomic E-state index is -0.605. The summed E-state index contributed by atoms with van der Waals surface area (Å²) in [6.07, 6.45) is 0. The highest BCUT2D eigenvalue weighted by atomic mass is 16.6. The van der Waals surface area contributed by atoms with Gasteiger partial charge in [-0.05, 0) is 24.3 Å². The van der Waals surface area contributed by atoms with E-state index in [2.05, 4.69) is 5.32 Å². The topological polar surface area (TPSA) is 107 Å². The van der Waals surface area contributed by atoms with Gasteiger partial charge in [-0.3, -0.25) is 14.9 Å². The molecule has 2 rings (SSSR count). The predicted molar refractivity (Wildman–Crippen MR) is 78.3 cm³/mol. The number of nitrogen functional groups attached to an aromatic ring is 1. The smallest absolute Gasteiger partial charge is 0.334 e. The molecule has 0 aliphatic heterocycles. The first-order chi connectivity index (χ1) is 9.99. The zero-order valence-electron chi connectivity index (χ0n) is 11.2. The first-order valence-electron chi connectivity index (χ1n) is 6.06. The molecule has 3 N–H and O–H groups in total. The number of carbonyl (C=O) groups excluding carboxylic acids is 1. The van der Waals surface area contributed by atoms with E-state index >= 15 is 0 Å². The lowest BCUT2D eigenvalue weighted by molar-refractivity contribution is -0.384. The van der Waals surface area contributed by atoms with Gasteiger partial charge in [0.1, 0.15) is 5.69 Å². The van der Waals surface area contributed by atoms with E-state index in [1.165, 1.54) is 19.1 Å². The maximum Gasteiger partial charge on any atom is 0.334 e.